The van der Waals surface area contributed by atoms with Crippen molar-refractivity contribution in [1.82, 2.24) is 15.5 Å². The summed E-state index contributed by atoms with van der Waals surface area (Å²) in [7, 11) is 0. The number of urea groups is 1. The van der Waals surface area contributed by atoms with E-state index in [0.29, 0.717) is 18.6 Å². The molecule has 0 aromatic heterocycles. The summed E-state index contributed by atoms with van der Waals surface area (Å²) in [6.45, 7) is 8.11. The van der Waals surface area contributed by atoms with E-state index >= 15 is 0 Å². The maximum absolute atomic E-state index is 10.4. The number of hydrogen-bond acceptors (Lipinski definition) is 3. The molecule has 5 heteroatoms. The summed E-state index contributed by atoms with van der Waals surface area (Å²) in [5, 5.41) is 5.98. The van der Waals surface area contributed by atoms with Crippen LogP contribution in [-0.4, -0.2) is 49.2 Å². The van der Waals surface area contributed by atoms with E-state index < -0.39 is 6.03 Å². The average Bonchev–Trinajstić information content (AvgIpc) is 2.60. The van der Waals surface area contributed by atoms with Crippen molar-refractivity contribution in [2.75, 3.05) is 26.2 Å². The van der Waals surface area contributed by atoms with Gasteiger partial charge in [0.2, 0.25) is 0 Å². The minimum absolute atomic E-state index is 0.452. The molecule has 1 aliphatic rings. The zero-order valence-electron chi connectivity index (χ0n) is 9.62. The van der Waals surface area contributed by atoms with Gasteiger partial charge in [-0.1, -0.05) is 0 Å². The second kappa shape index (κ2) is 5.92. The minimum atomic E-state index is -0.452. The third-order valence-electron chi connectivity index (χ3n) is 2.81. The number of likely N-dealkylation sites (tertiary alicyclic amines) is 1. The van der Waals surface area contributed by atoms with Gasteiger partial charge in [-0.25, -0.2) is 4.79 Å². The summed E-state index contributed by atoms with van der Waals surface area (Å²) >= 11 is 0. The molecular formula is C10H22N4O. The Labute approximate surface area is 91.4 Å². The zero-order chi connectivity index (χ0) is 11.3. The molecule has 0 aromatic carbocycles. The van der Waals surface area contributed by atoms with Crippen LogP contribution in [-0.2, 0) is 0 Å². The smallest absolute Gasteiger partial charge is 0.312 e. The van der Waals surface area contributed by atoms with Gasteiger partial charge in [0.1, 0.15) is 0 Å². The van der Waals surface area contributed by atoms with Crippen molar-refractivity contribution in [2.24, 2.45) is 5.73 Å². The average molecular weight is 214 g/mol. The lowest BCUT2D eigenvalue weighted by molar-refractivity contribution is 0.248. The van der Waals surface area contributed by atoms with E-state index in [9.17, 15) is 4.79 Å². The molecule has 0 bridgehead atoms. The van der Waals surface area contributed by atoms with Crippen molar-refractivity contribution in [1.29, 1.82) is 0 Å². The first kappa shape index (κ1) is 12.3. The number of carbonyl (C=O) groups excluding carboxylic acids is 1. The second-order valence-corrected chi connectivity index (χ2v) is 4.32. The van der Waals surface area contributed by atoms with Gasteiger partial charge in [-0.05, 0) is 26.8 Å². The first-order valence-electron chi connectivity index (χ1n) is 5.60. The molecule has 0 spiro atoms. The van der Waals surface area contributed by atoms with E-state index in [4.69, 9.17) is 5.73 Å². The lowest BCUT2D eigenvalue weighted by atomic mass is 10.2. The van der Waals surface area contributed by atoms with Crippen LogP contribution < -0.4 is 16.4 Å². The van der Waals surface area contributed by atoms with Gasteiger partial charge in [-0.15, -0.1) is 0 Å². The molecule has 88 valence electrons. The quantitative estimate of drug-likeness (QED) is 0.552. The molecular weight excluding hydrogens is 192 g/mol. The van der Waals surface area contributed by atoms with Gasteiger partial charge in [-0.3, -0.25) is 4.90 Å². The summed E-state index contributed by atoms with van der Waals surface area (Å²) < 4.78 is 0. The molecule has 1 saturated heterocycles. The van der Waals surface area contributed by atoms with Crippen LogP contribution in [0.15, 0.2) is 0 Å². The van der Waals surface area contributed by atoms with E-state index in [2.05, 4.69) is 29.4 Å². The molecule has 2 amide bonds. The fraction of sp³-hybridized carbons (Fsp3) is 0.900. The van der Waals surface area contributed by atoms with Crippen LogP contribution >= 0.6 is 0 Å². The number of nitrogens with one attached hydrogen (secondary N) is 2. The van der Waals surface area contributed by atoms with Crippen LogP contribution in [0.5, 0.6) is 0 Å². The van der Waals surface area contributed by atoms with Gasteiger partial charge in [0.15, 0.2) is 0 Å². The van der Waals surface area contributed by atoms with Crippen LogP contribution in [0.2, 0.25) is 0 Å². The van der Waals surface area contributed by atoms with Crippen LogP contribution in [0.4, 0.5) is 4.79 Å². The second-order valence-electron chi connectivity index (χ2n) is 4.32. The van der Waals surface area contributed by atoms with E-state index in [1.165, 1.54) is 13.0 Å². The van der Waals surface area contributed by atoms with Crippen LogP contribution in [0.3, 0.4) is 0 Å². The highest BCUT2D eigenvalue weighted by Gasteiger charge is 2.23. The Kier molecular flexibility index (Phi) is 4.84. The van der Waals surface area contributed by atoms with Crippen molar-refractivity contribution in [3.8, 4) is 0 Å². The Morgan fingerprint density at radius 1 is 1.53 bits per heavy atom. The Balaban J connectivity index is 2.06. The molecule has 1 aliphatic heterocycles. The Morgan fingerprint density at radius 2 is 2.27 bits per heavy atom. The fourth-order valence-corrected chi connectivity index (χ4v) is 1.88. The lowest BCUT2D eigenvalue weighted by Gasteiger charge is -2.20. The summed E-state index contributed by atoms with van der Waals surface area (Å²) in [4.78, 5) is 12.9. The van der Waals surface area contributed by atoms with E-state index in [1.54, 1.807) is 0 Å². The Bertz CT molecular complexity index is 208. The molecule has 0 aliphatic carbocycles. The summed E-state index contributed by atoms with van der Waals surface area (Å²) in [5.41, 5.74) is 4.96. The molecule has 15 heavy (non-hydrogen) atoms. The normalized spacial score (nSPS) is 22.2. The number of nitrogens with zero attached hydrogens (tertiary/aromatic N) is 1. The molecule has 5 nitrogen and oxygen atoms in total. The maximum Gasteiger partial charge on any atom is 0.312 e. The SMILES string of the molecule is CC(C)N1CCC(NCCNC(N)=O)C1. The van der Waals surface area contributed by atoms with Crippen molar-refractivity contribution in [3.05, 3.63) is 0 Å². The Morgan fingerprint density at radius 3 is 2.80 bits per heavy atom. The van der Waals surface area contributed by atoms with Crippen molar-refractivity contribution < 1.29 is 4.79 Å². The van der Waals surface area contributed by atoms with Crippen molar-refractivity contribution in [2.45, 2.75) is 32.4 Å². The first-order valence-corrected chi connectivity index (χ1v) is 5.60. The van der Waals surface area contributed by atoms with Crippen LogP contribution in [0.1, 0.15) is 20.3 Å². The van der Waals surface area contributed by atoms with Crippen LogP contribution in [0, 0.1) is 0 Å². The third-order valence-corrected chi connectivity index (χ3v) is 2.81. The minimum Gasteiger partial charge on any atom is -0.352 e. The third kappa shape index (κ3) is 4.48. The monoisotopic (exact) mass is 214 g/mol. The van der Waals surface area contributed by atoms with Crippen molar-refractivity contribution >= 4 is 6.03 Å². The first-order chi connectivity index (χ1) is 7.09. The van der Waals surface area contributed by atoms with Gasteiger partial charge in [0, 0.05) is 31.7 Å². The number of hydrogen-bond donors (Lipinski definition) is 3. The van der Waals surface area contributed by atoms with E-state index in [-0.39, 0.29) is 0 Å². The molecule has 0 aromatic rings. The molecule has 1 unspecified atom stereocenters. The number of rotatable bonds is 5. The molecule has 1 atom stereocenters. The highest BCUT2D eigenvalue weighted by molar-refractivity contribution is 5.71. The van der Waals surface area contributed by atoms with Gasteiger partial charge in [0.25, 0.3) is 0 Å². The Hall–Kier alpha value is -0.810. The number of carbonyl (C=O) groups is 1. The molecule has 0 radical (unpaired) electrons. The maximum atomic E-state index is 10.4. The highest BCUT2D eigenvalue weighted by atomic mass is 16.2. The lowest BCUT2D eigenvalue weighted by Crippen LogP contribution is -2.40. The van der Waals surface area contributed by atoms with E-state index in [1.807, 2.05) is 0 Å². The van der Waals surface area contributed by atoms with Gasteiger partial charge >= 0.3 is 6.03 Å². The zero-order valence-corrected chi connectivity index (χ0v) is 9.62. The molecule has 0 saturated carbocycles. The van der Waals surface area contributed by atoms with E-state index in [0.717, 1.165) is 13.1 Å². The highest BCUT2D eigenvalue weighted by Crippen LogP contribution is 2.11. The van der Waals surface area contributed by atoms with Crippen molar-refractivity contribution in [3.63, 3.8) is 0 Å². The largest absolute Gasteiger partial charge is 0.352 e. The molecule has 1 fully saturated rings. The molecule has 1 heterocycles. The summed E-state index contributed by atoms with van der Waals surface area (Å²) in [6.07, 6.45) is 1.19. The van der Waals surface area contributed by atoms with Gasteiger partial charge < -0.3 is 16.4 Å². The topological polar surface area (TPSA) is 70.4 Å². The van der Waals surface area contributed by atoms with Gasteiger partial charge in [0.05, 0.1) is 0 Å². The predicted octanol–water partition coefficient (Wildman–Crippen LogP) is -0.273. The number of nitrogens with two attached hydrogens (primary N) is 1. The van der Waals surface area contributed by atoms with Crippen LogP contribution in [0.25, 0.3) is 0 Å². The molecule has 4 N–H and O–H groups in total. The summed E-state index contributed by atoms with van der Waals surface area (Å²) in [5.74, 6) is 0. The number of primary amides is 1. The fourth-order valence-electron chi connectivity index (χ4n) is 1.88. The predicted molar refractivity (Wildman–Crippen MR) is 60.7 cm³/mol. The number of amides is 2. The van der Waals surface area contributed by atoms with Gasteiger partial charge in [-0.2, -0.15) is 0 Å². The molecule has 1 rings (SSSR count). The standard InChI is InChI=1S/C10H22N4O/c1-8(2)14-6-3-9(7-14)12-4-5-13-10(11)15/h8-9,12H,3-7H2,1-2H3,(H3,11,13,15). The summed E-state index contributed by atoms with van der Waals surface area (Å²) in [6, 6.07) is 0.731.